The van der Waals surface area contributed by atoms with Gasteiger partial charge in [-0.05, 0) is 19.1 Å². The first-order valence-corrected chi connectivity index (χ1v) is 4.00. The van der Waals surface area contributed by atoms with Gasteiger partial charge < -0.3 is 4.74 Å². The van der Waals surface area contributed by atoms with E-state index in [1.54, 1.807) is 6.08 Å². The van der Waals surface area contributed by atoms with Crippen LogP contribution >= 0.6 is 0 Å². The Kier molecular flexibility index (Phi) is 1.45. The Bertz CT molecular complexity index is 279. The zero-order chi connectivity index (χ0) is 8.77. The van der Waals surface area contributed by atoms with Crippen LogP contribution in [-0.2, 0) is 14.3 Å². The highest BCUT2D eigenvalue weighted by Gasteiger charge is 2.46. The molecule has 2 aliphatic rings. The number of Topliss-reactive ketones (excluding diaryl/α,β-unsaturated/α-hetero) is 1. The molecule has 2 rings (SSSR count). The van der Waals surface area contributed by atoms with E-state index in [1.165, 1.54) is 6.08 Å². The summed E-state index contributed by atoms with van der Waals surface area (Å²) >= 11 is 0. The molecule has 0 aromatic rings. The van der Waals surface area contributed by atoms with Crippen molar-refractivity contribution in [3.05, 3.63) is 12.2 Å². The largest absolute Gasteiger partial charge is 0.363 e. The van der Waals surface area contributed by atoms with Crippen molar-refractivity contribution >= 4 is 11.6 Å². The average molecular weight is 166 g/mol. The Hall–Kier alpha value is -0.960. The second-order valence-corrected chi connectivity index (χ2v) is 3.50. The molecule has 3 nitrogen and oxygen atoms in total. The van der Waals surface area contributed by atoms with Crippen LogP contribution in [0.5, 0.6) is 0 Å². The first-order chi connectivity index (χ1) is 5.62. The fraction of sp³-hybridized carbons (Fsp3) is 0.556. The van der Waals surface area contributed by atoms with E-state index >= 15 is 0 Å². The van der Waals surface area contributed by atoms with Crippen LogP contribution < -0.4 is 0 Å². The summed E-state index contributed by atoms with van der Waals surface area (Å²) < 4.78 is 5.32. The van der Waals surface area contributed by atoms with Crippen molar-refractivity contribution in [1.29, 1.82) is 0 Å². The van der Waals surface area contributed by atoms with E-state index in [9.17, 15) is 9.59 Å². The van der Waals surface area contributed by atoms with Crippen LogP contribution in [0, 0.1) is 5.92 Å². The number of hydrogen-bond donors (Lipinski definition) is 0. The van der Waals surface area contributed by atoms with Gasteiger partial charge in [0, 0.05) is 6.42 Å². The Morgan fingerprint density at radius 3 is 3.08 bits per heavy atom. The summed E-state index contributed by atoms with van der Waals surface area (Å²) in [5, 5.41) is 0. The summed E-state index contributed by atoms with van der Waals surface area (Å²) in [6, 6.07) is 0. The number of carbonyl (C=O) groups excluding carboxylic acids is 2. The lowest BCUT2D eigenvalue weighted by molar-refractivity contribution is -0.124. The number of rotatable bonds is 0. The molecule has 3 heteroatoms. The number of hydrogen-bond acceptors (Lipinski definition) is 3. The van der Waals surface area contributed by atoms with Crippen molar-refractivity contribution in [2.75, 3.05) is 6.61 Å². The quantitative estimate of drug-likeness (QED) is 0.526. The lowest BCUT2D eigenvalue weighted by Gasteiger charge is -2.27. The van der Waals surface area contributed by atoms with Crippen LogP contribution in [0.15, 0.2) is 12.2 Å². The van der Waals surface area contributed by atoms with Crippen molar-refractivity contribution in [2.45, 2.75) is 18.9 Å². The van der Waals surface area contributed by atoms with Gasteiger partial charge in [-0.1, -0.05) is 0 Å². The lowest BCUT2D eigenvalue weighted by atomic mass is 9.80. The van der Waals surface area contributed by atoms with Crippen LogP contribution in [0.1, 0.15) is 13.3 Å². The lowest BCUT2D eigenvalue weighted by Crippen LogP contribution is -2.36. The average Bonchev–Trinajstić information content (AvgIpc) is 2.31. The number of allylic oxidation sites excluding steroid dienone is 1. The molecule has 1 aliphatic carbocycles. The van der Waals surface area contributed by atoms with Crippen LogP contribution in [0.4, 0.5) is 0 Å². The second kappa shape index (κ2) is 2.26. The van der Waals surface area contributed by atoms with Gasteiger partial charge in [-0.15, -0.1) is 0 Å². The standard InChI is InChI=1S/C9H10O3/c1-9-3-2-6(10)4-7(9)8(11)5-12-9/h2-3,7H,4-5H2,1H3/t7-,9-/m1/s1. The summed E-state index contributed by atoms with van der Waals surface area (Å²) in [6.07, 6.45) is 3.52. The number of ether oxygens (including phenoxy) is 1. The topological polar surface area (TPSA) is 43.4 Å². The van der Waals surface area contributed by atoms with Gasteiger partial charge in [0.05, 0.1) is 11.5 Å². The molecule has 0 bridgehead atoms. The summed E-state index contributed by atoms with van der Waals surface area (Å²) in [4.78, 5) is 22.2. The predicted octanol–water partition coefficient (Wildman–Crippen LogP) is 0.490. The Morgan fingerprint density at radius 2 is 2.33 bits per heavy atom. The highest BCUT2D eigenvalue weighted by atomic mass is 16.5. The van der Waals surface area contributed by atoms with E-state index in [4.69, 9.17) is 4.74 Å². The summed E-state index contributed by atoms with van der Waals surface area (Å²) in [5.74, 6) is -0.165. The first-order valence-electron chi connectivity index (χ1n) is 4.00. The third kappa shape index (κ3) is 0.932. The molecular formula is C9H10O3. The van der Waals surface area contributed by atoms with E-state index in [0.717, 1.165) is 0 Å². The molecular weight excluding hydrogens is 156 g/mol. The smallest absolute Gasteiger partial charge is 0.165 e. The maximum absolute atomic E-state index is 11.2. The highest BCUT2D eigenvalue weighted by Crippen LogP contribution is 2.36. The van der Waals surface area contributed by atoms with E-state index in [2.05, 4.69) is 0 Å². The van der Waals surface area contributed by atoms with Gasteiger partial charge in [-0.25, -0.2) is 0 Å². The van der Waals surface area contributed by atoms with E-state index in [0.29, 0.717) is 6.42 Å². The molecule has 1 aliphatic heterocycles. The summed E-state index contributed by atoms with van der Waals surface area (Å²) in [6.45, 7) is 2.00. The molecule has 64 valence electrons. The van der Waals surface area contributed by atoms with Crippen LogP contribution in [0.2, 0.25) is 0 Å². The van der Waals surface area contributed by atoms with E-state index < -0.39 is 5.60 Å². The molecule has 0 amide bonds. The van der Waals surface area contributed by atoms with Gasteiger partial charge in [-0.3, -0.25) is 9.59 Å². The molecule has 0 N–H and O–H groups in total. The van der Waals surface area contributed by atoms with Gasteiger partial charge in [0.2, 0.25) is 0 Å². The van der Waals surface area contributed by atoms with Gasteiger partial charge in [0.15, 0.2) is 11.6 Å². The third-order valence-electron chi connectivity index (χ3n) is 2.61. The van der Waals surface area contributed by atoms with Crippen molar-refractivity contribution < 1.29 is 14.3 Å². The van der Waals surface area contributed by atoms with Crippen LogP contribution in [0.25, 0.3) is 0 Å². The van der Waals surface area contributed by atoms with E-state index in [1.807, 2.05) is 6.92 Å². The Labute approximate surface area is 70.4 Å². The SMILES string of the molecule is C[C@@]12C=CC(=O)C[C@@H]1C(=O)CO2. The maximum atomic E-state index is 11.2. The van der Waals surface area contributed by atoms with Gasteiger partial charge >= 0.3 is 0 Å². The molecule has 1 fully saturated rings. The van der Waals surface area contributed by atoms with Crippen molar-refractivity contribution in [3.63, 3.8) is 0 Å². The molecule has 0 unspecified atom stereocenters. The minimum Gasteiger partial charge on any atom is -0.363 e. The molecule has 0 radical (unpaired) electrons. The van der Waals surface area contributed by atoms with Crippen LogP contribution in [0.3, 0.4) is 0 Å². The molecule has 12 heavy (non-hydrogen) atoms. The fourth-order valence-electron chi connectivity index (χ4n) is 1.76. The predicted molar refractivity (Wildman–Crippen MR) is 41.6 cm³/mol. The highest BCUT2D eigenvalue weighted by molar-refractivity contribution is 5.98. The molecule has 2 atom stereocenters. The summed E-state index contributed by atoms with van der Waals surface area (Å²) in [7, 11) is 0. The van der Waals surface area contributed by atoms with Crippen molar-refractivity contribution in [2.24, 2.45) is 5.92 Å². The fourth-order valence-corrected chi connectivity index (χ4v) is 1.76. The minimum atomic E-state index is -0.509. The molecule has 0 spiro atoms. The molecule has 0 aromatic carbocycles. The monoisotopic (exact) mass is 166 g/mol. The van der Waals surface area contributed by atoms with Crippen LogP contribution in [-0.4, -0.2) is 23.8 Å². The zero-order valence-electron chi connectivity index (χ0n) is 6.87. The summed E-state index contributed by atoms with van der Waals surface area (Å²) in [5.41, 5.74) is -0.509. The second-order valence-electron chi connectivity index (χ2n) is 3.50. The molecule has 0 saturated carbocycles. The number of ketones is 2. The molecule has 0 aromatic heterocycles. The molecule has 1 heterocycles. The van der Waals surface area contributed by atoms with Gasteiger partial charge in [0.25, 0.3) is 0 Å². The van der Waals surface area contributed by atoms with Gasteiger partial charge in [-0.2, -0.15) is 0 Å². The Balaban J connectivity index is 2.37. The first kappa shape index (κ1) is 7.68. The normalized spacial score (nSPS) is 40.2. The van der Waals surface area contributed by atoms with E-state index in [-0.39, 0.29) is 24.1 Å². The molecule has 1 saturated heterocycles. The third-order valence-corrected chi connectivity index (χ3v) is 2.61. The van der Waals surface area contributed by atoms with Crippen molar-refractivity contribution in [3.8, 4) is 0 Å². The minimum absolute atomic E-state index is 0.0244. The number of carbonyl (C=O) groups is 2. The Morgan fingerprint density at radius 1 is 1.58 bits per heavy atom. The maximum Gasteiger partial charge on any atom is 0.165 e. The van der Waals surface area contributed by atoms with Gasteiger partial charge in [0.1, 0.15) is 6.61 Å². The number of fused-ring (bicyclic) bond motifs is 1. The zero-order valence-corrected chi connectivity index (χ0v) is 6.87. The van der Waals surface area contributed by atoms with Crippen molar-refractivity contribution in [1.82, 2.24) is 0 Å².